The number of carbonyl (C=O) groups excluding carboxylic acids is 1. The van der Waals surface area contributed by atoms with Gasteiger partial charge in [0, 0.05) is 6.54 Å². The molecule has 0 fully saturated rings. The smallest absolute Gasteiger partial charge is 0.264 e. The maximum Gasteiger partial charge on any atom is 0.264 e. The first-order valence-electron chi connectivity index (χ1n) is 11.5. The quantitative estimate of drug-likeness (QED) is 0.383. The number of anilines is 1. The molecule has 1 amide bonds. The van der Waals surface area contributed by atoms with E-state index in [2.05, 4.69) is 5.32 Å². The van der Waals surface area contributed by atoms with Gasteiger partial charge in [0.25, 0.3) is 10.0 Å². The van der Waals surface area contributed by atoms with Gasteiger partial charge < -0.3 is 10.1 Å². The Kier molecular flexibility index (Phi) is 8.87. The fourth-order valence-corrected chi connectivity index (χ4v) is 4.89. The Morgan fingerprint density at radius 1 is 0.971 bits per heavy atom. The van der Waals surface area contributed by atoms with Crippen LogP contribution in [0, 0.1) is 12.7 Å². The molecule has 0 unspecified atom stereocenters. The van der Waals surface area contributed by atoms with E-state index in [1.807, 2.05) is 45.0 Å². The molecule has 0 radical (unpaired) electrons. The second kappa shape index (κ2) is 11.8. The molecule has 0 heterocycles. The van der Waals surface area contributed by atoms with Gasteiger partial charge in [-0.15, -0.1) is 0 Å². The van der Waals surface area contributed by atoms with Crippen molar-refractivity contribution >= 4 is 21.6 Å². The average molecular weight is 499 g/mol. The number of benzene rings is 3. The van der Waals surface area contributed by atoms with E-state index in [0.717, 1.165) is 27.6 Å². The Hall–Kier alpha value is -3.39. The van der Waals surface area contributed by atoms with E-state index < -0.39 is 28.3 Å². The van der Waals surface area contributed by atoms with Crippen molar-refractivity contribution in [3.05, 3.63) is 89.7 Å². The van der Waals surface area contributed by atoms with Crippen molar-refractivity contribution < 1.29 is 22.3 Å². The molecule has 0 bridgehead atoms. The lowest BCUT2D eigenvalue weighted by Crippen LogP contribution is -2.41. The van der Waals surface area contributed by atoms with E-state index in [9.17, 15) is 17.6 Å². The van der Waals surface area contributed by atoms with Crippen LogP contribution in [-0.4, -0.2) is 33.5 Å². The molecular formula is C27H31FN2O4S. The third-order valence-corrected chi connectivity index (χ3v) is 7.06. The molecule has 35 heavy (non-hydrogen) atoms. The normalized spacial score (nSPS) is 11.3. The lowest BCUT2D eigenvalue weighted by Gasteiger charge is -2.24. The van der Waals surface area contributed by atoms with Crippen molar-refractivity contribution in [3.8, 4) is 5.75 Å². The van der Waals surface area contributed by atoms with Crippen LogP contribution >= 0.6 is 0 Å². The number of hydrogen-bond donors (Lipinski definition) is 1. The first-order valence-corrected chi connectivity index (χ1v) is 13.0. The molecule has 1 N–H and O–H groups in total. The summed E-state index contributed by atoms with van der Waals surface area (Å²) < 4.78 is 46.7. The molecule has 186 valence electrons. The Morgan fingerprint density at radius 3 is 2.20 bits per heavy atom. The molecule has 8 heteroatoms. The fraction of sp³-hybridized carbons (Fsp3) is 0.296. The van der Waals surface area contributed by atoms with Crippen LogP contribution in [0.4, 0.5) is 10.1 Å². The molecule has 0 spiro atoms. The minimum Gasteiger partial charge on any atom is -0.491 e. The number of sulfonamides is 1. The largest absolute Gasteiger partial charge is 0.491 e. The minimum atomic E-state index is -4.03. The summed E-state index contributed by atoms with van der Waals surface area (Å²) in [7, 11) is -4.03. The predicted octanol–water partition coefficient (Wildman–Crippen LogP) is 4.87. The van der Waals surface area contributed by atoms with Gasteiger partial charge in [0.1, 0.15) is 18.1 Å². The SMILES string of the molecule is Cc1ccc(S(=O)(=O)N(CC(=O)NCCCc2ccc(OC(C)C)cc2)c2ccc(F)cc2)cc1. The molecule has 0 aliphatic heterocycles. The molecule has 0 saturated carbocycles. The van der Waals surface area contributed by atoms with Crippen LogP contribution < -0.4 is 14.4 Å². The van der Waals surface area contributed by atoms with E-state index >= 15 is 0 Å². The Labute approximate surface area is 206 Å². The number of halogens is 1. The fourth-order valence-electron chi connectivity index (χ4n) is 3.47. The third kappa shape index (κ3) is 7.55. The standard InChI is InChI=1S/C27H31FN2O4S/c1-20(2)34-25-14-8-22(9-15-25)5-4-18-29-27(31)19-30(24-12-10-23(28)11-13-24)35(32,33)26-16-6-21(3)7-17-26/h6-17,20H,4-5,18-19H2,1-3H3,(H,29,31). The minimum absolute atomic E-state index is 0.0603. The van der Waals surface area contributed by atoms with Crippen LogP contribution in [0.15, 0.2) is 77.7 Å². The van der Waals surface area contributed by atoms with Gasteiger partial charge in [-0.2, -0.15) is 0 Å². The van der Waals surface area contributed by atoms with Crippen LogP contribution in [0.25, 0.3) is 0 Å². The Balaban J connectivity index is 1.62. The second-order valence-electron chi connectivity index (χ2n) is 8.57. The second-order valence-corrected chi connectivity index (χ2v) is 10.4. The van der Waals surface area contributed by atoms with Gasteiger partial charge in [-0.3, -0.25) is 9.10 Å². The number of nitrogens with zero attached hydrogens (tertiary/aromatic N) is 1. The molecule has 6 nitrogen and oxygen atoms in total. The van der Waals surface area contributed by atoms with Crippen molar-refractivity contribution in [2.45, 2.75) is 44.6 Å². The van der Waals surface area contributed by atoms with Crippen molar-refractivity contribution in [3.63, 3.8) is 0 Å². The highest BCUT2D eigenvalue weighted by molar-refractivity contribution is 7.92. The van der Waals surface area contributed by atoms with Gasteiger partial charge in [0.2, 0.25) is 5.91 Å². The number of aryl methyl sites for hydroxylation is 2. The Morgan fingerprint density at radius 2 is 1.60 bits per heavy atom. The van der Waals surface area contributed by atoms with Crippen LogP contribution in [0.3, 0.4) is 0 Å². The number of nitrogens with one attached hydrogen (secondary N) is 1. The zero-order valence-corrected chi connectivity index (χ0v) is 21.0. The lowest BCUT2D eigenvalue weighted by atomic mass is 10.1. The molecule has 3 aromatic carbocycles. The number of hydrogen-bond acceptors (Lipinski definition) is 4. The van der Waals surface area contributed by atoms with Crippen molar-refractivity contribution in [1.82, 2.24) is 5.32 Å². The molecule has 3 aromatic rings. The molecule has 0 atom stereocenters. The van der Waals surface area contributed by atoms with Crippen molar-refractivity contribution in [2.24, 2.45) is 0 Å². The highest BCUT2D eigenvalue weighted by Crippen LogP contribution is 2.24. The van der Waals surface area contributed by atoms with Gasteiger partial charge in [0.05, 0.1) is 16.7 Å². The van der Waals surface area contributed by atoms with Gasteiger partial charge >= 0.3 is 0 Å². The van der Waals surface area contributed by atoms with E-state index in [-0.39, 0.29) is 16.7 Å². The van der Waals surface area contributed by atoms with Gasteiger partial charge in [0.15, 0.2) is 0 Å². The van der Waals surface area contributed by atoms with E-state index in [1.54, 1.807) is 12.1 Å². The summed E-state index contributed by atoms with van der Waals surface area (Å²) >= 11 is 0. The van der Waals surface area contributed by atoms with Gasteiger partial charge in [-0.25, -0.2) is 12.8 Å². The molecule has 0 aromatic heterocycles. The van der Waals surface area contributed by atoms with Crippen LogP contribution in [0.5, 0.6) is 5.75 Å². The highest BCUT2D eigenvalue weighted by atomic mass is 32.2. The summed E-state index contributed by atoms with van der Waals surface area (Å²) in [6, 6.07) is 19.2. The summed E-state index contributed by atoms with van der Waals surface area (Å²) in [5, 5.41) is 2.79. The van der Waals surface area contributed by atoms with Crippen molar-refractivity contribution in [2.75, 3.05) is 17.4 Å². The number of ether oxygens (including phenoxy) is 1. The van der Waals surface area contributed by atoms with E-state index in [0.29, 0.717) is 13.0 Å². The maximum absolute atomic E-state index is 13.4. The summed E-state index contributed by atoms with van der Waals surface area (Å²) in [5.41, 5.74) is 2.24. The summed E-state index contributed by atoms with van der Waals surface area (Å²) in [6.45, 7) is 5.78. The molecule has 3 rings (SSSR count). The number of amides is 1. The monoisotopic (exact) mass is 498 g/mol. The van der Waals surface area contributed by atoms with Crippen molar-refractivity contribution in [1.29, 1.82) is 0 Å². The van der Waals surface area contributed by atoms with Crippen LogP contribution in [0.2, 0.25) is 0 Å². The van der Waals surface area contributed by atoms with Gasteiger partial charge in [-0.05, 0) is 87.7 Å². The number of carbonyl (C=O) groups is 1. The molecule has 0 aliphatic carbocycles. The Bertz CT molecular complexity index is 1210. The van der Waals surface area contributed by atoms with Gasteiger partial charge in [-0.1, -0.05) is 29.8 Å². The first kappa shape index (κ1) is 26.2. The zero-order valence-electron chi connectivity index (χ0n) is 20.2. The summed E-state index contributed by atoms with van der Waals surface area (Å²) in [6.07, 6.45) is 1.56. The van der Waals surface area contributed by atoms with Crippen LogP contribution in [0.1, 0.15) is 31.4 Å². The highest BCUT2D eigenvalue weighted by Gasteiger charge is 2.27. The van der Waals surface area contributed by atoms with E-state index in [1.165, 1.54) is 36.4 Å². The molecule has 0 aliphatic rings. The molecular weight excluding hydrogens is 467 g/mol. The third-order valence-electron chi connectivity index (χ3n) is 5.27. The van der Waals surface area contributed by atoms with Crippen LogP contribution in [-0.2, 0) is 21.2 Å². The predicted molar refractivity (Wildman–Crippen MR) is 136 cm³/mol. The summed E-state index contributed by atoms with van der Waals surface area (Å²) in [5.74, 6) is -0.117. The lowest BCUT2D eigenvalue weighted by molar-refractivity contribution is -0.119. The maximum atomic E-state index is 13.4. The average Bonchev–Trinajstić information content (AvgIpc) is 2.82. The molecule has 0 saturated heterocycles. The summed E-state index contributed by atoms with van der Waals surface area (Å²) in [4.78, 5) is 12.7. The topological polar surface area (TPSA) is 75.7 Å². The first-order chi connectivity index (χ1) is 16.6. The zero-order chi connectivity index (χ0) is 25.4. The number of rotatable bonds is 11. The van der Waals surface area contributed by atoms with E-state index in [4.69, 9.17) is 4.74 Å².